The van der Waals surface area contributed by atoms with Gasteiger partial charge in [0.1, 0.15) is 5.41 Å². The van der Waals surface area contributed by atoms with E-state index in [9.17, 15) is 9.59 Å². The number of ketones is 1. The van der Waals surface area contributed by atoms with Gasteiger partial charge in [0.25, 0.3) is 0 Å². The average Bonchev–Trinajstić information content (AvgIpc) is 2.56. The first-order valence-electron chi connectivity index (χ1n) is 6.71. The number of nitrogens with one attached hydrogen (secondary N) is 1. The van der Waals surface area contributed by atoms with Crippen LogP contribution in [-0.2, 0) is 15.0 Å². The third kappa shape index (κ3) is 1.79. The van der Waals surface area contributed by atoms with E-state index in [1.54, 1.807) is 0 Å². The van der Waals surface area contributed by atoms with E-state index in [0.29, 0.717) is 0 Å². The average molecular weight is 259 g/mol. The zero-order chi connectivity index (χ0) is 14.4. The summed E-state index contributed by atoms with van der Waals surface area (Å²) in [7, 11) is 0. The maximum atomic E-state index is 12.5. The highest BCUT2D eigenvalue weighted by molar-refractivity contribution is 6.18. The fraction of sp³-hybridized carbons (Fsp3) is 0.500. The zero-order valence-electron chi connectivity index (χ0n) is 12.3. The number of amides is 1. The van der Waals surface area contributed by atoms with Gasteiger partial charge in [-0.3, -0.25) is 9.59 Å². The molecule has 2 rings (SSSR count). The molecule has 0 radical (unpaired) electrons. The lowest BCUT2D eigenvalue weighted by Gasteiger charge is -2.32. The Kier molecular flexibility index (Phi) is 3.25. The van der Waals surface area contributed by atoms with Crippen molar-refractivity contribution in [3.63, 3.8) is 0 Å². The Morgan fingerprint density at radius 3 is 2.00 bits per heavy atom. The molecule has 0 bridgehead atoms. The smallest absolute Gasteiger partial charge is 0.238 e. The van der Waals surface area contributed by atoms with Gasteiger partial charge in [-0.05, 0) is 43.4 Å². The van der Waals surface area contributed by atoms with Gasteiger partial charge in [0.05, 0.1) is 6.54 Å². The van der Waals surface area contributed by atoms with Crippen LogP contribution in [0.25, 0.3) is 0 Å². The van der Waals surface area contributed by atoms with Crippen molar-refractivity contribution in [1.82, 2.24) is 5.32 Å². The Bertz CT molecular complexity index is 519. The van der Waals surface area contributed by atoms with Crippen molar-refractivity contribution in [2.24, 2.45) is 5.92 Å². The second-order valence-corrected chi connectivity index (χ2v) is 5.84. The van der Waals surface area contributed by atoms with E-state index in [1.807, 2.05) is 46.8 Å². The first kappa shape index (κ1) is 13.8. The first-order chi connectivity index (χ1) is 8.81. The predicted molar refractivity (Wildman–Crippen MR) is 75.2 cm³/mol. The largest absolute Gasteiger partial charge is 0.348 e. The molecule has 1 amide bonds. The number of aryl methyl sites for hydroxylation is 3. The van der Waals surface area contributed by atoms with E-state index in [2.05, 4.69) is 5.32 Å². The molecule has 0 aliphatic carbocycles. The SMILES string of the molecule is Cc1cc(C)c(C2(C(C)C)C(=O)CNC2=O)c(C)c1. The number of benzene rings is 1. The molecule has 3 nitrogen and oxygen atoms in total. The van der Waals surface area contributed by atoms with Gasteiger partial charge >= 0.3 is 0 Å². The molecule has 0 spiro atoms. The van der Waals surface area contributed by atoms with Gasteiger partial charge < -0.3 is 5.32 Å². The summed E-state index contributed by atoms with van der Waals surface area (Å²) in [6.07, 6.45) is 0. The highest BCUT2D eigenvalue weighted by Gasteiger charge is 2.54. The van der Waals surface area contributed by atoms with Gasteiger partial charge in [-0.25, -0.2) is 0 Å². The molecule has 3 heteroatoms. The van der Waals surface area contributed by atoms with E-state index < -0.39 is 5.41 Å². The molecular weight excluding hydrogens is 238 g/mol. The molecular formula is C16H21NO2. The van der Waals surface area contributed by atoms with E-state index in [4.69, 9.17) is 0 Å². The first-order valence-corrected chi connectivity index (χ1v) is 6.71. The lowest BCUT2D eigenvalue weighted by Crippen LogP contribution is -2.46. The minimum Gasteiger partial charge on any atom is -0.348 e. The van der Waals surface area contributed by atoms with Crippen LogP contribution in [0.1, 0.15) is 36.1 Å². The van der Waals surface area contributed by atoms with Gasteiger partial charge in [0.2, 0.25) is 5.91 Å². The third-order valence-electron chi connectivity index (χ3n) is 4.14. The maximum absolute atomic E-state index is 12.5. The quantitative estimate of drug-likeness (QED) is 0.828. The summed E-state index contributed by atoms with van der Waals surface area (Å²) in [4.78, 5) is 24.9. The Labute approximate surface area is 114 Å². The molecule has 1 N–H and O–H groups in total. The van der Waals surface area contributed by atoms with Gasteiger partial charge in [-0.1, -0.05) is 31.5 Å². The molecule has 1 aromatic carbocycles. The van der Waals surface area contributed by atoms with Crippen LogP contribution in [0.4, 0.5) is 0 Å². The molecule has 1 aliphatic heterocycles. The zero-order valence-corrected chi connectivity index (χ0v) is 12.3. The molecule has 1 fully saturated rings. The van der Waals surface area contributed by atoms with Gasteiger partial charge in [-0.15, -0.1) is 0 Å². The number of rotatable bonds is 2. The van der Waals surface area contributed by atoms with Crippen molar-refractivity contribution in [1.29, 1.82) is 0 Å². The second kappa shape index (κ2) is 4.48. The summed E-state index contributed by atoms with van der Waals surface area (Å²) in [5.74, 6) is -0.215. The van der Waals surface area contributed by atoms with Crippen LogP contribution in [0.2, 0.25) is 0 Å². The highest BCUT2D eigenvalue weighted by atomic mass is 16.2. The molecule has 1 heterocycles. The van der Waals surface area contributed by atoms with Crippen molar-refractivity contribution in [3.8, 4) is 0 Å². The van der Waals surface area contributed by atoms with E-state index in [0.717, 1.165) is 22.3 Å². The summed E-state index contributed by atoms with van der Waals surface area (Å²) in [5.41, 5.74) is 3.09. The molecule has 0 saturated carbocycles. The van der Waals surface area contributed by atoms with Crippen molar-refractivity contribution in [2.45, 2.75) is 40.0 Å². The normalized spacial score (nSPS) is 23.1. The predicted octanol–water partition coefficient (Wildman–Crippen LogP) is 2.20. The Hall–Kier alpha value is -1.64. The minimum absolute atomic E-state index is 0.0115. The lowest BCUT2D eigenvalue weighted by atomic mass is 9.67. The fourth-order valence-corrected chi connectivity index (χ4v) is 3.49. The summed E-state index contributed by atoms with van der Waals surface area (Å²) >= 11 is 0. The van der Waals surface area contributed by atoms with Crippen LogP contribution in [0, 0.1) is 26.7 Å². The van der Waals surface area contributed by atoms with Gasteiger partial charge in [0.15, 0.2) is 5.78 Å². The minimum atomic E-state index is -1.01. The summed E-state index contributed by atoms with van der Waals surface area (Å²) < 4.78 is 0. The summed E-state index contributed by atoms with van der Waals surface area (Å²) in [5, 5.41) is 2.72. The summed E-state index contributed by atoms with van der Waals surface area (Å²) in [6.45, 7) is 10.0. The molecule has 1 saturated heterocycles. The van der Waals surface area contributed by atoms with Gasteiger partial charge in [-0.2, -0.15) is 0 Å². The van der Waals surface area contributed by atoms with Crippen LogP contribution in [-0.4, -0.2) is 18.2 Å². The molecule has 1 aromatic rings. The number of hydrogen-bond donors (Lipinski definition) is 1. The Morgan fingerprint density at radius 1 is 1.11 bits per heavy atom. The number of Topliss-reactive ketones (excluding diaryl/α,β-unsaturated/α-hetero) is 1. The van der Waals surface area contributed by atoms with E-state index in [-0.39, 0.29) is 24.2 Å². The topological polar surface area (TPSA) is 46.2 Å². The van der Waals surface area contributed by atoms with Gasteiger partial charge in [0, 0.05) is 0 Å². The molecule has 0 aromatic heterocycles. The Morgan fingerprint density at radius 2 is 1.63 bits per heavy atom. The van der Waals surface area contributed by atoms with Crippen molar-refractivity contribution in [2.75, 3.05) is 6.54 Å². The third-order valence-corrected chi connectivity index (χ3v) is 4.14. The standard InChI is InChI=1S/C16H21NO2/c1-9(2)16(13(18)8-17-15(16)19)14-11(4)6-10(3)7-12(14)5/h6-7,9H,8H2,1-5H3,(H,17,19). The molecule has 1 atom stereocenters. The van der Waals surface area contributed by atoms with E-state index in [1.165, 1.54) is 0 Å². The van der Waals surface area contributed by atoms with Crippen molar-refractivity contribution < 1.29 is 9.59 Å². The van der Waals surface area contributed by atoms with Crippen LogP contribution in [0.15, 0.2) is 12.1 Å². The molecule has 1 unspecified atom stereocenters. The fourth-order valence-electron chi connectivity index (χ4n) is 3.49. The highest BCUT2D eigenvalue weighted by Crippen LogP contribution is 2.40. The molecule has 19 heavy (non-hydrogen) atoms. The van der Waals surface area contributed by atoms with Crippen LogP contribution in [0.3, 0.4) is 0 Å². The van der Waals surface area contributed by atoms with E-state index >= 15 is 0 Å². The Balaban J connectivity index is 2.79. The molecule has 102 valence electrons. The summed E-state index contributed by atoms with van der Waals surface area (Å²) in [6, 6.07) is 4.09. The monoisotopic (exact) mass is 259 g/mol. The lowest BCUT2D eigenvalue weighted by molar-refractivity contribution is -0.132. The molecule has 1 aliphatic rings. The van der Waals surface area contributed by atoms with Crippen LogP contribution in [0.5, 0.6) is 0 Å². The van der Waals surface area contributed by atoms with Crippen molar-refractivity contribution >= 4 is 11.7 Å². The number of hydrogen-bond acceptors (Lipinski definition) is 2. The number of carbonyl (C=O) groups is 2. The van der Waals surface area contributed by atoms with Crippen molar-refractivity contribution in [3.05, 3.63) is 34.4 Å². The van der Waals surface area contributed by atoms with Crippen LogP contribution < -0.4 is 5.32 Å². The van der Waals surface area contributed by atoms with Crippen LogP contribution >= 0.6 is 0 Å². The maximum Gasteiger partial charge on any atom is 0.238 e. The second-order valence-electron chi connectivity index (χ2n) is 5.84. The number of carbonyl (C=O) groups excluding carboxylic acids is 2.